The van der Waals surface area contributed by atoms with Gasteiger partial charge in [-0.15, -0.1) is 24.0 Å². The first kappa shape index (κ1) is 26.5. The Morgan fingerprint density at radius 3 is 2.25 bits per heavy atom. The average Bonchev–Trinajstić information content (AvgIpc) is 2.77. The number of nitrogens with zero attached hydrogens (tertiary/aromatic N) is 2. The first-order valence-corrected chi connectivity index (χ1v) is 11.6. The van der Waals surface area contributed by atoms with E-state index in [-0.39, 0.29) is 24.0 Å². The van der Waals surface area contributed by atoms with E-state index in [1.165, 1.54) is 27.9 Å². The summed E-state index contributed by atoms with van der Waals surface area (Å²) in [6.07, 6.45) is 3.12. The van der Waals surface area contributed by atoms with Gasteiger partial charge in [-0.1, -0.05) is 41.5 Å². The minimum absolute atomic E-state index is 0. The van der Waals surface area contributed by atoms with E-state index >= 15 is 0 Å². The maximum atomic E-state index is 9.32. The Labute approximate surface area is 210 Å². The fraction of sp³-hybridized carbons (Fsp3) is 0.500. The molecule has 3 N–H and O–H groups in total. The molecule has 0 radical (unpaired) electrons. The highest BCUT2D eigenvalue weighted by Crippen LogP contribution is 2.23. The quantitative estimate of drug-likeness (QED) is 0.259. The van der Waals surface area contributed by atoms with Crippen LogP contribution in [0, 0.1) is 19.8 Å². The van der Waals surface area contributed by atoms with Gasteiger partial charge in [0.25, 0.3) is 0 Å². The van der Waals surface area contributed by atoms with Crippen LogP contribution in [-0.2, 0) is 13.0 Å². The maximum Gasteiger partial charge on any atom is 0.191 e. The van der Waals surface area contributed by atoms with Gasteiger partial charge in [-0.25, -0.2) is 4.99 Å². The molecule has 0 saturated carbocycles. The van der Waals surface area contributed by atoms with Gasteiger partial charge >= 0.3 is 0 Å². The van der Waals surface area contributed by atoms with Gasteiger partial charge in [0.15, 0.2) is 5.96 Å². The molecule has 0 aliphatic carbocycles. The van der Waals surface area contributed by atoms with Gasteiger partial charge in [-0.3, -0.25) is 0 Å². The highest BCUT2D eigenvalue weighted by atomic mass is 127. The predicted molar refractivity (Wildman–Crippen MR) is 146 cm³/mol. The summed E-state index contributed by atoms with van der Waals surface area (Å²) in [6, 6.07) is 15.5. The van der Waals surface area contributed by atoms with Crippen LogP contribution in [-0.4, -0.2) is 43.9 Å². The number of hydrogen-bond acceptors (Lipinski definition) is 3. The third-order valence-electron chi connectivity index (χ3n) is 5.93. The zero-order valence-corrected chi connectivity index (χ0v) is 22.1. The van der Waals surface area contributed by atoms with Gasteiger partial charge < -0.3 is 20.6 Å². The van der Waals surface area contributed by atoms with Gasteiger partial charge in [0.05, 0.1) is 6.54 Å². The maximum absolute atomic E-state index is 9.32. The van der Waals surface area contributed by atoms with Crippen LogP contribution < -0.4 is 15.5 Å². The van der Waals surface area contributed by atoms with Crippen molar-refractivity contribution in [2.45, 2.75) is 46.6 Å². The summed E-state index contributed by atoms with van der Waals surface area (Å²) in [5.41, 5.74) is 6.47. The molecule has 6 heteroatoms. The van der Waals surface area contributed by atoms with Gasteiger partial charge in [0.1, 0.15) is 0 Å². The zero-order chi connectivity index (χ0) is 22.1. The fourth-order valence-corrected chi connectivity index (χ4v) is 4.24. The van der Waals surface area contributed by atoms with Crippen LogP contribution in [0.25, 0.3) is 0 Å². The van der Waals surface area contributed by atoms with E-state index in [0.717, 1.165) is 51.4 Å². The Bertz CT molecular complexity index is 825. The van der Waals surface area contributed by atoms with Crippen LogP contribution in [0.4, 0.5) is 5.69 Å². The summed E-state index contributed by atoms with van der Waals surface area (Å²) >= 11 is 0. The van der Waals surface area contributed by atoms with Crippen molar-refractivity contribution in [1.29, 1.82) is 0 Å². The molecule has 0 unspecified atom stereocenters. The number of hydrogen-bond donors (Lipinski definition) is 3. The fourth-order valence-electron chi connectivity index (χ4n) is 4.24. The van der Waals surface area contributed by atoms with Crippen LogP contribution in [0.1, 0.15) is 42.0 Å². The number of aliphatic imine (C=N–C) groups is 1. The molecular formula is C26H39IN4O. The van der Waals surface area contributed by atoms with Crippen LogP contribution in [0.5, 0.6) is 0 Å². The molecule has 2 aromatic rings. The minimum atomic E-state index is 0. The number of aryl methyl sites for hydroxylation is 2. The summed E-state index contributed by atoms with van der Waals surface area (Å²) < 4.78 is 0. The molecule has 32 heavy (non-hydrogen) atoms. The lowest BCUT2D eigenvalue weighted by molar-refractivity contribution is 0.203. The number of nitrogens with one attached hydrogen (secondary N) is 2. The Kier molecular flexibility index (Phi) is 11.3. The largest absolute Gasteiger partial charge is 0.396 e. The molecule has 5 nitrogen and oxygen atoms in total. The minimum Gasteiger partial charge on any atom is -0.396 e. The summed E-state index contributed by atoms with van der Waals surface area (Å²) in [7, 11) is 0. The lowest BCUT2D eigenvalue weighted by Crippen LogP contribution is -2.38. The zero-order valence-electron chi connectivity index (χ0n) is 19.7. The first-order chi connectivity index (χ1) is 15.1. The molecule has 0 atom stereocenters. The van der Waals surface area contributed by atoms with Crippen LogP contribution in [0.15, 0.2) is 47.5 Å². The average molecular weight is 551 g/mol. The number of halogens is 1. The number of aliphatic hydroxyl groups excluding tert-OH is 1. The monoisotopic (exact) mass is 550 g/mol. The van der Waals surface area contributed by atoms with Crippen molar-refractivity contribution in [3.63, 3.8) is 0 Å². The third kappa shape index (κ3) is 8.28. The van der Waals surface area contributed by atoms with E-state index in [4.69, 9.17) is 4.99 Å². The topological polar surface area (TPSA) is 59.9 Å². The molecule has 1 aliphatic heterocycles. The third-order valence-corrected chi connectivity index (χ3v) is 5.93. The Morgan fingerprint density at radius 2 is 1.66 bits per heavy atom. The van der Waals surface area contributed by atoms with Crippen LogP contribution >= 0.6 is 24.0 Å². The second-order valence-corrected chi connectivity index (χ2v) is 8.65. The number of rotatable bonds is 8. The van der Waals surface area contributed by atoms with Crippen molar-refractivity contribution in [3.8, 4) is 0 Å². The van der Waals surface area contributed by atoms with E-state index in [2.05, 4.69) is 78.8 Å². The number of guanidine groups is 1. The molecule has 0 spiro atoms. The van der Waals surface area contributed by atoms with Crippen LogP contribution in [0.3, 0.4) is 0 Å². The molecule has 176 valence electrons. The highest BCUT2D eigenvalue weighted by molar-refractivity contribution is 14.0. The second-order valence-electron chi connectivity index (χ2n) is 8.65. The number of anilines is 1. The van der Waals surface area contributed by atoms with E-state index in [9.17, 15) is 5.11 Å². The van der Waals surface area contributed by atoms with Gasteiger partial charge in [-0.05, 0) is 69.2 Å². The van der Waals surface area contributed by atoms with E-state index in [0.29, 0.717) is 19.1 Å². The molecule has 0 amide bonds. The Hall–Kier alpha value is -1.80. The number of piperidine rings is 1. The highest BCUT2D eigenvalue weighted by Gasteiger charge is 2.18. The van der Waals surface area contributed by atoms with Gasteiger partial charge in [0.2, 0.25) is 0 Å². The van der Waals surface area contributed by atoms with Crippen molar-refractivity contribution in [3.05, 3.63) is 64.7 Å². The Morgan fingerprint density at radius 1 is 1.00 bits per heavy atom. The van der Waals surface area contributed by atoms with Crippen molar-refractivity contribution in [2.75, 3.05) is 37.7 Å². The lowest BCUT2D eigenvalue weighted by atomic mass is 9.97. The van der Waals surface area contributed by atoms with Crippen molar-refractivity contribution < 1.29 is 5.11 Å². The molecule has 2 aromatic carbocycles. The van der Waals surface area contributed by atoms with Crippen LogP contribution in [0.2, 0.25) is 0 Å². The molecule has 1 saturated heterocycles. The van der Waals surface area contributed by atoms with Crippen molar-refractivity contribution >= 4 is 35.6 Å². The molecule has 1 aliphatic rings. The second kappa shape index (κ2) is 13.7. The summed E-state index contributed by atoms with van der Waals surface area (Å²) in [5, 5.41) is 16.1. The predicted octanol–water partition coefficient (Wildman–Crippen LogP) is 4.43. The summed E-state index contributed by atoms with van der Waals surface area (Å²) in [5.74, 6) is 1.33. The van der Waals surface area contributed by atoms with E-state index in [1.807, 2.05) is 0 Å². The van der Waals surface area contributed by atoms with Crippen molar-refractivity contribution in [2.24, 2.45) is 10.9 Å². The van der Waals surface area contributed by atoms with E-state index in [1.54, 1.807) is 0 Å². The molecular weight excluding hydrogens is 511 g/mol. The standard InChI is InChI=1S/C26H38N4O.HI/c1-4-27-26(28-12-9-24-16-20(2)15-21(3)17-24)29-18-22-5-7-25(8-6-22)30-13-10-23(19-31)11-14-30;/h5-8,15-17,23,31H,4,9-14,18-19H2,1-3H3,(H2,27,28,29);1H. The molecule has 1 heterocycles. The normalized spacial score (nSPS) is 14.8. The smallest absolute Gasteiger partial charge is 0.191 e. The first-order valence-electron chi connectivity index (χ1n) is 11.6. The van der Waals surface area contributed by atoms with Gasteiger partial charge in [0, 0.05) is 38.5 Å². The SMILES string of the molecule is CCNC(=NCc1ccc(N2CCC(CO)CC2)cc1)NCCc1cc(C)cc(C)c1.I. The number of benzene rings is 2. The molecule has 0 bridgehead atoms. The molecule has 0 aromatic heterocycles. The molecule has 1 fully saturated rings. The molecule has 3 rings (SSSR count). The summed E-state index contributed by atoms with van der Waals surface area (Å²) in [4.78, 5) is 7.18. The van der Waals surface area contributed by atoms with E-state index < -0.39 is 0 Å². The summed E-state index contributed by atoms with van der Waals surface area (Å²) in [6.45, 7) is 11.1. The Balaban J connectivity index is 0.00000363. The van der Waals surface area contributed by atoms with Gasteiger partial charge in [-0.2, -0.15) is 0 Å². The lowest BCUT2D eigenvalue weighted by Gasteiger charge is -2.32. The number of aliphatic hydroxyl groups is 1. The van der Waals surface area contributed by atoms with Crippen molar-refractivity contribution in [1.82, 2.24) is 10.6 Å².